The van der Waals surface area contributed by atoms with Crippen LogP contribution in [-0.2, 0) is 10.2 Å². The summed E-state index contributed by atoms with van der Waals surface area (Å²) in [6, 6.07) is 10.2. The molecule has 0 unspecified atom stereocenters. The van der Waals surface area contributed by atoms with Crippen molar-refractivity contribution in [2.24, 2.45) is 5.92 Å². The standard InChI is InChI=1S/C14H18N2O.ClH/c17-13(16-10-11-8-15-9-11)14(6-7-14)12-4-2-1-3-5-12;/h1-5,11,15H,6-10H2,(H,16,17);1H. The SMILES string of the molecule is Cl.O=C(NCC1CNC1)C1(c2ccccc2)CC1. The van der Waals surface area contributed by atoms with Gasteiger partial charge in [-0.15, -0.1) is 12.4 Å². The number of hydrogen-bond acceptors (Lipinski definition) is 2. The van der Waals surface area contributed by atoms with Gasteiger partial charge in [0.05, 0.1) is 5.41 Å². The molecule has 0 radical (unpaired) electrons. The first-order valence-corrected chi connectivity index (χ1v) is 6.36. The molecule has 98 valence electrons. The lowest BCUT2D eigenvalue weighted by atomic mass is 9.94. The minimum Gasteiger partial charge on any atom is -0.355 e. The number of carbonyl (C=O) groups is 1. The van der Waals surface area contributed by atoms with Crippen LogP contribution in [0.5, 0.6) is 0 Å². The summed E-state index contributed by atoms with van der Waals surface area (Å²) < 4.78 is 0. The molecule has 4 heteroatoms. The predicted molar refractivity (Wildman–Crippen MR) is 74.0 cm³/mol. The van der Waals surface area contributed by atoms with Crippen molar-refractivity contribution in [2.75, 3.05) is 19.6 Å². The predicted octanol–water partition coefficient (Wildman–Crippen LogP) is 1.48. The van der Waals surface area contributed by atoms with E-state index in [9.17, 15) is 4.79 Å². The fourth-order valence-electron chi connectivity index (χ4n) is 2.43. The van der Waals surface area contributed by atoms with Crippen LogP contribution in [-0.4, -0.2) is 25.5 Å². The number of carbonyl (C=O) groups excluding carboxylic acids is 1. The van der Waals surface area contributed by atoms with Crippen LogP contribution in [0.2, 0.25) is 0 Å². The molecule has 0 spiro atoms. The monoisotopic (exact) mass is 266 g/mol. The lowest BCUT2D eigenvalue weighted by molar-refractivity contribution is -0.123. The van der Waals surface area contributed by atoms with Crippen LogP contribution in [0.15, 0.2) is 30.3 Å². The largest absolute Gasteiger partial charge is 0.355 e. The van der Waals surface area contributed by atoms with Gasteiger partial charge in [-0.25, -0.2) is 0 Å². The van der Waals surface area contributed by atoms with Crippen molar-refractivity contribution >= 4 is 18.3 Å². The van der Waals surface area contributed by atoms with Crippen LogP contribution in [0.25, 0.3) is 0 Å². The number of halogens is 1. The van der Waals surface area contributed by atoms with E-state index < -0.39 is 0 Å². The Hall–Kier alpha value is -1.06. The van der Waals surface area contributed by atoms with Crippen molar-refractivity contribution in [3.8, 4) is 0 Å². The molecule has 0 atom stereocenters. The highest BCUT2D eigenvalue weighted by Crippen LogP contribution is 2.48. The number of nitrogens with one attached hydrogen (secondary N) is 2. The maximum atomic E-state index is 12.2. The average Bonchev–Trinajstić information content (AvgIpc) is 3.09. The van der Waals surface area contributed by atoms with E-state index in [1.807, 2.05) is 18.2 Å². The van der Waals surface area contributed by atoms with Crippen LogP contribution in [0.4, 0.5) is 0 Å². The Labute approximate surface area is 114 Å². The van der Waals surface area contributed by atoms with Gasteiger partial charge in [-0.1, -0.05) is 30.3 Å². The van der Waals surface area contributed by atoms with Crippen LogP contribution < -0.4 is 10.6 Å². The van der Waals surface area contributed by atoms with Gasteiger partial charge in [-0.3, -0.25) is 4.79 Å². The Balaban J connectivity index is 0.00000120. The normalized spacial score (nSPS) is 20.4. The van der Waals surface area contributed by atoms with Crippen molar-refractivity contribution in [1.82, 2.24) is 10.6 Å². The molecule has 0 aromatic heterocycles. The van der Waals surface area contributed by atoms with Crippen molar-refractivity contribution in [3.63, 3.8) is 0 Å². The minimum atomic E-state index is -0.210. The molecule has 1 saturated heterocycles. The second-order valence-corrected chi connectivity index (χ2v) is 5.18. The summed E-state index contributed by atoms with van der Waals surface area (Å²) in [5.74, 6) is 0.848. The maximum absolute atomic E-state index is 12.2. The minimum absolute atomic E-state index is 0. The molecule has 3 nitrogen and oxygen atoms in total. The quantitative estimate of drug-likeness (QED) is 0.867. The van der Waals surface area contributed by atoms with E-state index in [0.29, 0.717) is 5.92 Å². The Kier molecular flexibility index (Phi) is 3.93. The van der Waals surface area contributed by atoms with Crippen molar-refractivity contribution in [1.29, 1.82) is 0 Å². The van der Waals surface area contributed by atoms with Gasteiger partial charge in [0.2, 0.25) is 5.91 Å². The molecule has 0 bridgehead atoms. The molecule has 1 amide bonds. The van der Waals surface area contributed by atoms with Gasteiger partial charge >= 0.3 is 0 Å². The van der Waals surface area contributed by atoms with Gasteiger partial charge in [0.1, 0.15) is 0 Å². The molecule has 3 rings (SSSR count). The van der Waals surface area contributed by atoms with E-state index in [1.165, 1.54) is 5.56 Å². The summed E-state index contributed by atoms with van der Waals surface area (Å²) in [5.41, 5.74) is 0.961. The summed E-state index contributed by atoms with van der Waals surface area (Å²) in [4.78, 5) is 12.2. The molecule has 1 aromatic carbocycles. The first-order chi connectivity index (χ1) is 8.31. The molecule has 1 aliphatic carbocycles. The van der Waals surface area contributed by atoms with Gasteiger partial charge in [0, 0.05) is 25.6 Å². The summed E-state index contributed by atoms with van der Waals surface area (Å²) in [7, 11) is 0. The van der Waals surface area contributed by atoms with Gasteiger partial charge in [0.15, 0.2) is 0 Å². The van der Waals surface area contributed by atoms with E-state index in [2.05, 4.69) is 22.8 Å². The molecule has 2 N–H and O–H groups in total. The summed E-state index contributed by atoms with van der Waals surface area (Å²) in [6.45, 7) is 2.90. The summed E-state index contributed by atoms with van der Waals surface area (Å²) in [6.07, 6.45) is 1.98. The van der Waals surface area contributed by atoms with Gasteiger partial charge in [0.25, 0.3) is 0 Å². The fourth-order valence-corrected chi connectivity index (χ4v) is 2.43. The van der Waals surface area contributed by atoms with Crippen LogP contribution in [0.3, 0.4) is 0 Å². The topological polar surface area (TPSA) is 41.1 Å². The lowest BCUT2D eigenvalue weighted by Gasteiger charge is -2.28. The zero-order chi connectivity index (χ0) is 11.7. The van der Waals surface area contributed by atoms with Crippen molar-refractivity contribution < 1.29 is 4.79 Å². The first kappa shape index (κ1) is 13.4. The van der Waals surface area contributed by atoms with Crippen LogP contribution in [0.1, 0.15) is 18.4 Å². The molecule has 1 saturated carbocycles. The van der Waals surface area contributed by atoms with Crippen molar-refractivity contribution in [2.45, 2.75) is 18.3 Å². The Morgan fingerprint density at radius 2 is 1.94 bits per heavy atom. The zero-order valence-corrected chi connectivity index (χ0v) is 11.1. The fraction of sp³-hybridized carbons (Fsp3) is 0.500. The van der Waals surface area contributed by atoms with Crippen LogP contribution >= 0.6 is 12.4 Å². The van der Waals surface area contributed by atoms with E-state index in [-0.39, 0.29) is 23.7 Å². The maximum Gasteiger partial charge on any atom is 0.230 e. The molecule has 18 heavy (non-hydrogen) atoms. The number of amides is 1. The third kappa shape index (κ3) is 2.38. The van der Waals surface area contributed by atoms with E-state index in [4.69, 9.17) is 0 Å². The third-order valence-electron chi connectivity index (χ3n) is 3.93. The number of rotatable bonds is 4. The first-order valence-electron chi connectivity index (χ1n) is 6.36. The van der Waals surface area contributed by atoms with E-state index >= 15 is 0 Å². The second kappa shape index (κ2) is 5.29. The molecule has 1 aromatic rings. The molecular weight excluding hydrogens is 248 g/mol. The molecule has 2 fully saturated rings. The van der Waals surface area contributed by atoms with E-state index in [0.717, 1.165) is 32.5 Å². The second-order valence-electron chi connectivity index (χ2n) is 5.18. The van der Waals surface area contributed by atoms with E-state index in [1.54, 1.807) is 0 Å². The summed E-state index contributed by atoms with van der Waals surface area (Å²) in [5, 5.41) is 6.33. The zero-order valence-electron chi connectivity index (χ0n) is 10.3. The summed E-state index contributed by atoms with van der Waals surface area (Å²) >= 11 is 0. The highest BCUT2D eigenvalue weighted by Gasteiger charge is 2.51. The Morgan fingerprint density at radius 3 is 2.44 bits per heavy atom. The lowest BCUT2D eigenvalue weighted by Crippen LogP contribution is -2.49. The molecule has 1 aliphatic heterocycles. The number of benzene rings is 1. The van der Waals surface area contributed by atoms with Gasteiger partial charge < -0.3 is 10.6 Å². The molecule has 1 heterocycles. The smallest absolute Gasteiger partial charge is 0.230 e. The van der Waals surface area contributed by atoms with Crippen molar-refractivity contribution in [3.05, 3.63) is 35.9 Å². The van der Waals surface area contributed by atoms with Gasteiger partial charge in [-0.2, -0.15) is 0 Å². The molecular formula is C14H19ClN2O. The average molecular weight is 267 g/mol. The Morgan fingerprint density at radius 1 is 1.28 bits per heavy atom. The number of hydrogen-bond donors (Lipinski definition) is 2. The molecule has 2 aliphatic rings. The van der Waals surface area contributed by atoms with Gasteiger partial charge in [-0.05, 0) is 18.4 Å². The van der Waals surface area contributed by atoms with Crippen LogP contribution in [0, 0.1) is 5.92 Å². The highest BCUT2D eigenvalue weighted by molar-refractivity contribution is 5.91. The highest BCUT2D eigenvalue weighted by atomic mass is 35.5. The third-order valence-corrected chi connectivity index (χ3v) is 3.93. The Bertz CT molecular complexity index is 413.